The van der Waals surface area contributed by atoms with Gasteiger partial charge in [0, 0.05) is 37.8 Å². The number of nitrogen functional groups attached to an aromatic ring is 1. The molecule has 8 heteroatoms. The number of anilines is 2. The van der Waals surface area contributed by atoms with Crippen LogP contribution in [-0.4, -0.2) is 55.8 Å². The average molecular weight is 371 g/mol. The molecule has 2 aliphatic rings. The van der Waals surface area contributed by atoms with E-state index < -0.39 is 0 Å². The van der Waals surface area contributed by atoms with Crippen molar-refractivity contribution in [3.8, 4) is 0 Å². The molecule has 2 fully saturated rings. The first-order valence-corrected chi connectivity index (χ1v) is 10.1. The highest BCUT2D eigenvalue weighted by molar-refractivity contribution is 5.44. The van der Waals surface area contributed by atoms with Crippen molar-refractivity contribution in [3.63, 3.8) is 0 Å². The van der Waals surface area contributed by atoms with E-state index in [1.807, 2.05) is 13.0 Å². The molecule has 4 heterocycles. The summed E-state index contributed by atoms with van der Waals surface area (Å²) in [5.74, 6) is 3.79. The van der Waals surface area contributed by atoms with Crippen LogP contribution in [0.15, 0.2) is 6.07 Å². The molecule has 2 saturated heterocycles. The minimum absolute atomic E-state index is 0.342. The summed E-state index contributed by atoms with van der Waals surface area (Å²) in [4.78, 5) is 13.4. The van der Waals surface area contributed by atoms with Gasteiger partial charge in [-0.2, -0.15) is 4.98 Å². The molecule has 0 aliphatic carbocycles. The van der Waals surface area contributed by atoms with Gasteiger partial charge < -0.3 is 15.2 Å². The van der Waals surface area contributed by atoms with E-state index in [4.69, 9.17) is 5.73 Å². The predicted octanol–water partition coefficient (Wildman–Crippen LogP) is 1.87. The Kier molecular flexibility index (Phi) is 5.24. The average Bonchev–Trinajstić information content (AvgIpc) is 3.02. The highest BCUT2D eigenvalue weighted by Gasteiger charge is 2.27. The molecule has 0 bridgehead atoms. The molecule has 8 nitrogen and oxygen atoms in total. The van der Waals surface area contributed by atoms with Crippen LogP contribution >= 0.6 is 0 Å². The SMILES string of the molecule is Cc1cc(N2CCCC(c3nnc(CN4CCCCC4)n3C)C2)nc(N)n1. The van der Waals surface area contributed by atoms with E-state index in [2.05, 4.69) is 41.6 Å². The molecule has 1 atom stereocenters. The van der Waals surface area contributed by atoms with Crippen LogP contribution in [0.2, 0.25) is 0 Å². The van der Waals surface area contributed by atoms with Crippen molar-refractivity contribution >= 4 is 11.8 Å². The van der Waals surface area contributed by atoms with Crippen molar-refractivity contribution in [2.24, 2.45) is 7.05 Å². The van der Waals surface area contributed by atoms with Gasteiger partial charge in [0.1, 0.15) is 17.5 Å². The first-order chi connectivity index (χ1) is 13.1. The normalized spacial score (nSPS) is 21.6. The lowest BCUT2D eigenvalue weighted by molar-refractivity contribution is 0.213. The number of nitrogens with zero attached hydrogens (tertiary/aromatic N) is 7. The maximum absolute atomic E-state index is 5.85. The summed E-state index contributed by atoms with van der Waals surface area (Å²) in [6.07, 6.45) is 6.19. The molecule has 0 amide bonds. The summed E-state index contributed by atoms with van der Waals surface area (Å²) >= 11 is 0. The van der Waals surface area contributed by atoms with E-state index in [9.17, 15) is 0 Å². The van der Waals surface area contributed by atoms with Crippen molar-refractivity contribution in [1.82, 2.24) is 29.6 Å². The summed E-state index contributed by atoms with van der Waals surface area (Å²) in [6, 6.07) is 2.01. The minimum Gasteiger partial charge on any atom is -0.368 e. The van der Waals surface area contributed by atoms with Gasteiger partial charge in [0.05, 0.1) is 6.54 Å². The second-order valence-electron chi connectivity index (χ2n) is 7.88. The second kappa shape index (κ2) is 7.80. The lowest BCUT2D eigenvalue weighted by Crippen LogP contribution is -2.36. The Morgan fingerprint density at radius 3 is 2.67 bits per heavy atom. The predicted molar refractivity (Wildman–Crippen MR) is 106 cm³/mol. The maximum Gasteiger partial charge on any atom is 0.222 e. The van der Waals surface area contributed by atoms with Crippen LogP contribution in [0.5, 0.6) is 0 Å². The number of likely N-dealkylation sites (tertiary alicyclic amines) is 1. The Balaban J connectivity index is 1.48. The molecule has 0 radical (unpaired) electrons. The molecule has 146 valence electrons. The van der Waals surface area contributed by atoms with Crippen LogP contribution < -0.4 is 10.6 Å². The third-order valence-corrected chi connectivity index (χ3v) is 5.78. The topological polar surface area (TPSA) is 89.0 Å². The Hall–Kier alpha value is -2.22. The molecular weight excluding hydrogens is 340 g/mol. The number of nitrogens with two attached hydrogens (primary N) is 1. The van der Waals surface area contributed by atoms with Crippen molar-refractivity contribution in [1.29, 1.82) is 0 Å². The lowest BCUT2D eigenvalue weighted by atomic mass is 9.97. The Morgan fingerprint density at radius 1 is 1.07 bits per heavy atom. The minimum atomic E-state index is 0.342. The lowest BCUT2D eigenvalue weighted by Gasteiger charge is -2.33. The number of rotatable bonds is 4. The van der Waals surface area contributed by atoms with Crippen molar-refractivity contribution in [3.05, 3.63) is 23.4 Å². The molecule has 27 heavy (non-hydrogen) atoms. The van der Waals surface area contributed by atoms with Crippen LogP contribution in [0.25, 0.3) is 0 Å². The summed E-state index contributed by atoms with van der Waals surface area (Å²) in [5.41, 5.74) is 6.75. The highest BCUT2D eigenvalue weighted by atomic mass is 15.3. The Labute approximate surface area is 160 Å². The van der Waals surface area contributed by atoms with E-state index in [0.717, 1.165) is 55.6 Å². The standard InChI is InChI=1S/C19H30N8/c1-14-11-16(22-19(20)21-14)27-10-6-7-15(12-27)18-24-23-17(25(18)2)13-26-8-4-3-5-9-26/h11,15H,3-10,12-13H2,1-2H3,(H2,20,21,22). The molecule has 0 spiro atoms. The van der Waals surface area contributed by atoms with Crippen molar-refractivity contribution in [2.75, 3.05) is 36.8 Å². The van der Waals surface area contributed by atoms with Gasteiger partial charge in [-0.05, 0) is 45.7 Å². The van der Waals surface area contributed by atoms with E-state index in [1.165, 1.54) is 32.4 Å². The number of piperidine rings is 2. The van der Waals surface area contributed by atoms with Crippen LogP contribution in [0.1, 0.15) is 55.4 Å². The monoisotopic (exact) mass is 370 g/mol. The zero-order valence-electron chi connectivity index (χ0n) is 16.4. The summed E-state index contributed by atoms with van der Waals surface area (Å²) in [7, 11) is 2.11. The van der Waals surface area contributed by atoms with Crippen LogP contribution in [0.3, 0.4) is 0 Å². The van der Waals surface area contributed by atoms with E-state index >= 15 is 0 Å². The molecular formula is C19H30N8. The van der Waals surface area contributed by atoms with Gasteiger partial charge in [0.15, 0.2) is 0 Å². The summed E-state index contributed by atoms with van der Waals surface area (Å²) < 4.78 is 2.21. The number of aryl methyl sites for hydroxylation is 1. The maximum atomic E-state index is 5.85. The molecule has 2 N–H and O–H groups in total. The number of hydrogen-bond donors (Lipinski definition) is 1. The highest BCUT2D eigenvalue weighted by Crippen LogP contribution is 2.29. The molecule has 2 aromatic heterocycles. The fraction of sp³-hybridized carbons (Fsp3) is 0.684. The van der Waals surface area contributed by atoms with Crippen LogP contribution in [-0.2, 0) is 13.6 Å². The summed E-state index contributed by atoms with van der Waals surface area (Å²) in [5, 5.41) is 9.09. The third kappa shape index (κ3) is 4.05. The second-order valence-corrected chi connectivity index (χ2v) is 7.88. The number of aromatic nitrogens is 5. The molecule has 2 aromatic rings. The quantitative estimate of drug-likeness (QED) is 0.879. The van der Waals surface area contributed by atoms with Gasteiger partial charge in [0.2, 0.25) is 5.95 Å². The zero-order chi connectivity index (χ0) is 18.8. The summed E-state index contributed by atoms with van der Waals surface area (Å²) in [6.45, 7) is 7.10. The third-order valence-electron chi connectivity index (χ3n) is 5.78. The number of hydrogen-bond acceptors (Lipinski definition) is 7. The largest absolute Gasteiger partial charge is 0.368 e. The van der Waals surface area contributed by atoms with Gasteiger partial charge >= 0.3 is 0 Å². The first-order valence-electron chi connectivity index (χ1n) is 10.1. The van der Waals surface area contributed by atoms with Gasteiger partial charge in [-0.25, -0.2) is 4.98 Å². The van der Waals surface area contributed by atoms with E-state index in [1.54, 1.807) is 0 Å². The van der Waals surface area contributed by atoms with E-state index in [0.29, 0.717) is 11.9 Å². The molecule has 1 unspecified atom stereocenters. The van der Waals surface area contributed by atoms with Gasteiger partial charge in [-0.1, -0.05) is 6.42 Å². The molecule has 0 aromatic carbocycles. The molecule has 2 aliphatic heterocycles. The Bertz CT molecular complexity index is 760. The van der Waals surface area contributed by atoms with Crippen molar-refractivity contribution in [2.45, 2.75) is 51.5 Å². The van der Waals surface area contributed by atoms with Gasteiger partial charge in [0.25, 0.3) is 0 Å². The van der Waals surface area contributed by atoms with Crippen LogP contribution in [0.4, 0.5) is 11.8 Å². The molecule has 4 rings (SSSR count). The smallest absolute Gasteiger partial charge is 0.222 e. The van der Waals surface area contributed by atoms with Crippen LogP contribution in [0, 0.1) is 6.92 Å². The van der Waals surface area contributed by atoms with Gasteiger partial charge in [-0.3, -0.25) is 4.90 Å². The zero-order valence-corrected chi connectivity index (χ0v) is 16.4. The fourth-order valence-electron chi connectivity index (χ4n) is 4.32. The first kappa shape index (κ1) is 18.2. The van der Waals surface area contributed by atoms with Crippen molar-refractivity contribution < 1.29 is 0 Å². The molecule has 0 saturated carbocycles. The van der Waals surface area contributed by atoms with Gasteiger partial charge in [-0.15, -0.1) is 10.2 Å². The fourth-order valence-corrected chi connectivity index (χ4v) is 4.32. The van der Waals surface area contributed by atoms with E-state index in [-0.39, 0.29) is 0 Å². The Morgan fingerprint density at radius 2 is 1.89 bits per heavy atom.